The van der Waals surface area contributed by atoms with Gasteiger partial charge >= 0.3 is 6.09 Å². The topological polar surface area (TPSA) is 55.4 Å². The van der Waals surface area contributed by atoms with Crippen molar-refractivity contribution in [3.8, 4) is 0 Å². The molecule has 1 N–H and O–H groups in total. The summed E-state index contributed by atoms with van der Waals surface area (Å²) >= 11 is 0. The van der Waals surface area contributed by atoms with Gasteiger partial charge in [0.2, 0.25) is 0 Å². The Labute approximate surface area is 84.3 Å². The zero-order valence-electron chi connectivity index (χ0n) is 8.33. The fourth-order valence-corrected chi connectivity index (χ4v) is 0.906. The van der Waals surface area contributed by atoms with Crippen LogP contribution in [0.25, 0.3) is 0 Å². The number of hydrogen-bond donors (Lipinski definition) is 1. The Morgan fingerprint density at radius 3 is 2.79 bits per heavy atom. The van der Waals surface area contributed by atoms with Crippen molar-refractivity contribution in [2.24, 2.45) is 0 Å². The molecule has 4 nitrogen and oxygen atoms in total. The first-order chi connectivity index (χ1) is 6.81. The molecule has 0 saturated heterocycles. The van der Waals surface area contributed by atoms with Crippen LogP contribution in [-0.2, 0) is 9.53 Å². The largest absolute Gasteiger partial charge is 0.445 e. The third-order valence-electron chi connectivity index (χ3n) is 1.60. The van der Waals surface area contributed by atoms with Crippen LogP contribution in [0.3, 0.4) is 0 Å². The minimum Gasteiger partial charge on any atom is -0.445 e. The highest BCUT2D eigenvalue weighted by atomic mass is 16.5. The minimum absolute atomic E-state index is 0.233. The maximum atomic E-state index is 10.9. The van der Waals surface area contributed by atoms with E-state index in [1.54, 1.807) is 0 Å². The lowest BCUT2D eigenvalue weighted by Crippen LogP contribution is -2.25. The molecule has 0 rings (SSSR count). The van der Waals surface area contributed by atoms with Gasteiger partial charge in [0.05, 0.1) is 0 Å². The van der Waals surface area contributed by atoms with Crippen LogP contribution in [0.1, 0.15) is 25.7 Å². The molecular formula is C10H17NO3. The van der Waals surface area contributed by atoms with Gasteiger partial charge in [-0.3, -0.25) is 0 Å². The monoisotopic (exact) mass is 199 g/mol. The van der Waals surface area contributed by atoms with E-state index in [1.807, 2.05) is 0 Å². The predicted molar refractivity (Wildman–Crippen MR) is 54.1 cm³/mol. The van der Waals surface area contributed by atoms with E-state index >= 15 is 0 Å². The summed E-state index contributed by atoms with van der Waals surface area (Å²) in [5.74, 6) is 0. The van der Waals surface area contributed by atoms with Crippen LogP contribution in [0, 0.1) is 0 Å². The molecule has 14 heavy (non-hydrogen) atoms. The summed E-state index contributed by atoms with van der Waals surface area (Å²) in [5, 5.41) is 2.60. The normalized spacial score (nSPS) is 9.14. The first-order valence-electron chi connectivity index (χ1n) is 4.76. The summed E-state index contributed by atoms with van der Waals surface area (Å²) in [6.45, 7) is 4.25. The molecule has 0 fully saturated rings. The highest BCUT2D eigenvalue weighted by Crippen LogP contribution is 1.96. The summed E-state index contributed by atoms with van der Waals surface area (Å²) in [5.41, 5.74) is 0. The van der Waals surface area contributed by atoms with Gasteiger partial charge in [-0.1, -0.05) is 19.1 Å². The van der Waals surface area contributed by atoms with Crippen LogP contribution < -0.4 is 5.32 Å². The molecule has 0 aliphatic carbocycles. The van der Waals surface area contributed by atoms with Crippen molar-refractivity contribution in [2.75, 3.05) is 13.2 Å². The van der Waals surface area contributed by atoms with Crippen molar-refractivity contribution in [1.29, 1.82) is 0 Å². The number of alkyl carbamates (subject to hydrolysis) is 1. The Morgan fingerprint density at radius 1 is 1.36 bits per heavy atom. The molecule has 0 radical (unpaired) electrons. The molecule has 0 aromatic carbocycles. The average Bonchev–Trinajstić information content (AvgIpc) is 2.20. The zero-order valence-corrected chi connectivity index (χ0v) is 8.33. The van der Waals surface area contributed by atoms with Crippen molar-refractivity contribution in [2.45, 2.75) is 25.7 Å². The molecule has 0 aliphatic heterocycles. The Kier molecular flexibility index (Phi) is 8.84. The molecular weight excluding hydrogens is 182 g/mol. The SMILES string of the molecule is C=CCOC(=O)NCCCCCC=O. The summed E-state index contributed by atoms with van der Waals surface area (Å²) < 4.78 is 4.69. The lowest BCUT2D eigenvalue weighted by atomic mass is 10.2. The molecule has 0 saturated carbocycles. The second kappa shape index (κ2) is 9.77. The first kappa shape index (κ1) is 12.7. The van der Waals surface area contributed by atoms with Gasteiger partial charge in [0, 0.05) is 13.0 Å². The highest BCUT2D eigenvalue weighted by molar-refractivity contribution is 5.67. The van der Waals surface area contributed by atoms with Crippen molar-refractivity contribution >= 4 is 12.4 Å². The molecule has 0 spiro atoms. The molecule has 0 aromatic rings. The van der Waals surface area contributed by atoms with Crippen molar-refractivity contribution in [1.82, 2.24) is 5.32 Å². The number of unbranched alkanes of at least 4 members (excludes halogenated alkanes) is 3. The van der Waals surface area contributed by atoms with Crippen molar-refractivity contribution < 1.29 is 14.3 Å². The lowest BCUT2D eigenvalue weighted by Gasteiger charge is -2.04. The number of carbonyl (C=O) groups is 2. The number of nitrogens with one attached hydrogen (secondary N) is 1. The number of hydrogen-bond acceptors (Lipinski definition) is 3. The number of ether oxygens (including phenoxy) is 1. The molecule has 0 heterocycles. The fourth-order valence-electron chi connectivity index (χ4n) is 0.906. The number of aldehydes is 1. The summed E-state index contributed by atoms with van der Waals surface area (Å²) in [6.07, 6.45) is 5.31. The fraction of sp³-hybridized carbons (Fsp3) is 0.600. The van der Waals surface area contributed by atoms with Crippen molar-refractivity contribution in [3.05, 3.63) is 12.7 Å². The van der Waals surface area contributed by atoms with Crippen LogP contribution >= 0.6 is 0 Å². The lowest BCUT2D eigenvalue weighted by molar-refractivity contribution is -0.107. The van der Waals surface area contributed by atoms with E-state index < -0.39 is 6.09 Å². The van der Waals surface area contributed by atoms with Crippen LogP contribution in [0.5, 0.6) is 0 Å². The van der Waals surface area contributed by atoms with Crippen LogP contribution in [0.4, 0.5) is 4.79 Å². The van der Waals surface area contributed by atoms with E-state index in [2.05, 4.69) is 11.9 Å². The molecule has 0 bridgehead atoms. The van der Waals surface area contributed by atoms with Crippen molar-refractivity contribution in [3.63, 3.8) is 0 Å². The molecule has 4 heteroatoms. The van der Waals surface area contributed by atoms with E-state index in [4.69, 9.17) is 4.74 Å². The second-order valence-corrected chi connectivity index (χ2v) is 2.83. The van der Waals surface area contributed by atoms with Gasteiger partial charge in [-0.05, 0) is 12.8 Å². The van der Waals surface area contributed by atoms with Gasteiger partial charge < -0.3 is 14.8 Å². The third kappa shape index (κ3) is 8.77. The van der Waals surface area contributed by atoms with Gasteiger partial charge in [-0.25, -0.2) is 4.79 Å². The molecule has 0 aliphatic rings. The average molecular weight is 199 g/mol. The Bertz CT molecular complexity index is 180. The Morgan fingerprint density at radius 2 is 2.14 bits per heavy atom. The van der Waals surface area contributed by atoms with Crippen LogP contribution in [0.2, 0.25) is 0 Å². The molecule has 0 unspecified atom stereocenters. The summed E-state index contributed by atoms with van der Waals surface area (Å²) in [7, 11) is 0. The summed E-state index contributed by atoms with van der Waals surface area (Å²) in [6, 6.07) is 0. The van der Waals surface area contributed by atoms with E-state index in [0.29, 0.717) is 13.0 Å². The van der Waals surface area contributed by atoms with E-state index in [0.717, 1.165) is 25.5 Å². The van der Waals surface area contributed by atoms with Crippen LogP contribution in [-0.4, -0.2) is 25.5 Å². The van der Waals surface area contributed by atoms with Gasteiger partial charge in [0.1, 0.15) is 12.9 Å². The van der Waals surface area contributed by atoms with E-state index in [9.17, 15) is 9.59 Å². The molecule has 1 amide bonds. The Balaban J connectivity index is 3.14. The van der Waals surface area contributed by atoms with Crippen LogP contribution in [0.15, 0.2) is 12.7 Å². The van der Waals surface area contributed by atoms with Gasteiger partial charge in [-0.15, -0.1) is 0 Å². The third-order valence-corrected chi connectivity index (χ3v) is 1.60. The molecule has 0 aromatic heterocycles. The number of rotatable bonds is 8. The minimum atomic E-state index is -0.416. The predicted octanol–water partition coefficient (Wildman–Crippen LogP) is 1.66. The number of amides is 1. The first-order valence-corrected chi connectivity index (χ1v) is 4.76. The molecule has 0 atom stereocenters. The maximum absolute atomic E-state index is 10.9. The maximum Gasteiger partial charge on any atom is 0.407 e. The quantitative estimate of drug-likeness (QED) is 0.367. The van der Waals surface area contributed by atoms with E-state index in [1.165, 1.54) is 6.08 Å². The smallest absolute Gasteiger partial charge is 0.407 e. The number of carbonyl (C=O) groups excluding carboxylic acids is 2. The highest BCUT2D eigenvalue weighted by Gasteiger charge is 1.97. The second-order valence-electron chi connectivity index (χ2n) is 2.83. The van der Waals surface area contributed by atoms with Gasteiger partial charge in [0.15, 0.2) is 0 Å². The zero-order chi connectivity index (χ0) is 10.6. The molecule has 80 valence electrons. The standard InChI is InChI=1S/C10H17NO3/c1-2-9-14-10(13)11-7-5-3-4-6-8-12/h2,8H,1,3-7,9H2,(H,11,13). The van der Waals surface area contributed by atoms with Gasteiger partial charge in [0.25, 0.3) is 0 Å². The van der Waals surface area contributed by atoms with Gasteiger partial charge in [-0.2, -0.15) is 0 Å². The Hall–Kier alpha value is -1.32. The summed E-state index contributed by atoms with van der Waals surface area (Å²) in [4.78, 5) is 20.8. The van der Waals surface area contributed by atoms with E-state index in [-0.39, 0.29) is 6.61 Å².